The molecule has 1 unspecified atom stereocenters. The van der Waals surface area contributed by atoms with Crippen molar-refractivity contribution in [1.29, 1.82) is 0 Å². The van der Waals surface area contributed by atoms with E-state index >= 15 is 0 Å². The number of aliphatic hydroxyl groups excluding tert-OH is 1. The van der Waals surface area contributed by atoms with Gasteiger partial charge in [0.15, 0.2) is 0 Å². The van der Waals surface area contributed by atoms with Gasteiger partial charge in [0.2, 0.25) is 0 Å². The van der Waals surface area contributed by atoms with Crippen LogP contribution in [0.1, 0.15) is 37.4 Å². The maximum absolute atomic E-state index is 10.6. The van der Waals surface area contributed by atoms with E-state index in [0.717, 1.165) is 43.1 Å². The minimum atomic E-state index is -0.501. The van der Waals surface area contributed by atoms with E-state index < -0.39 is 6.10 Å². The molecule has 3 heteroatoms. The molecule has 0 aromatic heterocycles. The van der Waals surface area contributed by atoms with E-state index in [1.807, 2.05) is 30.3 Å². The lowest BCUT2D eigenvalue weighted by Crippen LogP contribution is -2.46. The van der Waals surface area contributed by atoms with E-state index in [1.54, 1.807) is 0 Å². The van der Waals surface area contributed by atoms with Gasteiger partial charge in [-0.3, -0.25) is 4.90 Å². The second-order valence-corrected chi connectivity index (χ2v) is 6.95. The van der Waals surface area contributed by atoms with Gasteiger partial charge in [-0.25, -0.2) is 0 Å². The molecule has 1 aromatic carbocycles. The fraction of sp³-hybridized carbons (Fsp3) is 0.500. The van der Waals surface area contributed by atoms with E-state index in [4.69, 9.17) is 0 Å². The molecule has 0 bridgehead atoms. The summed E-state index contributed by atoms with van der Waals surface area (Å²) < 4.78 is 0. The van der Waals surface area contributed by atoms with Crippen LogP contribution in [-0.4, -0.2) is 47.1 Å². The summed E-state index contributed by atoms with van der Waals surface area (Å²) in [4.78, 5) is 5.18. The number of nitrogens with zero attached hydrogens (tertiary/aromatic N) is 2. The first-order valence-corrected chi connectivity index (χ1v) is 8.94. The molecule has 1 saturated heterocycles. The zero-order valence-corrected chi connectivity index (χ0v) is 13.7. The van der Waals surface area contributed by atoms with Gasteiger partial charge < -0.3 is 10.0 Å². The van der Waals surface area contributed by atoms with Crippen LogP contribution in [-0.2, 0) is 0 Å². The average Bonchev–Trinajstić information content (AvgIpc) is 3.47. The number of hydrogen-bond donors (Lipinski definition) is 1. The van der Waals surface area contributed by atoms with Gasteiger partial charge >= 0.3 is 0 Å². The van der Waals surface area contributed by atoms with Gasteiger partial charge in [-0.05, 0) is 42.9 Å². The Labute approximate surface area is 138 Å². The second kappa shape index (κ2) is 6.50. The lowest BCUT2D eigenvalue weighted by atomic mass is 9.94. The predicted octanol–water partition coefficient (Wildman–Crippen LogP) is 3.10. The summed E-state index contributed by atoms with van der Waals surface area (Å²) >= 11 is 0. The van der Waals surface area contributed by atoms with Crippen molar-refractivity contribution < 1.29 is 5.11 Å². The van der Waals surface area contributed by atoms with E-state index in [2.05, 4.69) is 22.0 Å². The Balaban J connectivity index is 1.43. The topological polar surface area (TPSA) is 26.7 Å². The van der Waals surface area contributed by atoms with Crippen molar-refractivity contribution >= 4 is 0 Å². The summed E-state index contributed by atoms with van der Waals surface area (Å²) in [6.07, 6.45) is 8.87. The molecule has 4 rings (SSSR count). The largest absolute Gasteiger partial charge is 0.384 e. The Kier molecular flexibility index (Phi) is 4.23. The molecule has 0 radical (unpaired) electrons. The summed E-state index contributed by atoms with van der Waals surface area (Å²) in [6.45, 7) is 4.67. The smallest absolute Gasteiger partial charge is 0.104 e. The zero-order chi connectivity index (χ0) is 15.6. The minimum Gasteiger partial charge on any atom is -0.384 e. The summed E-state index contributed by atoms with van der Waals surface area (Å²) in [5.74, 6) is 0. The molecule has 0 amide bonds. The molecule has 1 atom stereocenters. The third-order valence-corrected chi connectivity index (χ3v) is 5.33. The minimum absolute atomic E-state index is 0.501. The van der Waals surface area contributed by atoms with Crippen LogP contribution in [0.15, 0.2) is 53.8 Å². The number of allylic oxidation sites excluding steroid dienone is 2. The van der Waals surface area contributed by atoms with Gasteiger partial charge in [0, 0.05) is 37.9 Å². The number of aliphatic hydroxyl groups is 1. The molecule has 2 aliphatic carbocycles. The molecule has 2 fully saturated rings. The fourth-order valence-corrected chi connectivity index (χ4v) is 3.79. The van der Waals surface area contributed by atoms with Crippen molar-refractivity contribution in [2.24, 2.45) is 0 Å². The van der Waals surface area contributed by atoms with Gasteiger partial charge in [0.1, 0.15) is 6.10 Å². The molecule has 1 saturated carbocycles. The highest BCUT2D eigenvalue weighted by Crippen LogP contribution is 2.32. The summed E-state index contributed by atoms with van der Waals surface area (Å²) in [7, 11) is 0. The quantitative estimate of drug-likeness (QED) is 0.926. The predicted molar refractivity (Wildman–Crippen MR) is 93.0 cm³/mol. The first-order chi connectivity index (χ1) is 11.3. The van der Waals surface area contributed by atoms with Crippen molar-refractivity contribution in [3.63, 3.8) is 0 Å². The number of rotatable bonds is 4. The van der Waals surface area contributed by atoms with Crippen LogP contribution in [0, 0.1) is 0 Å². The maximum atomic E-state index is 10.6. The maximum Gasteiger partial charge on any atom is 0.104 e. The van der Waals surface area contributed by atoms with Gasteiger partial charge in [-0.1, -0.05) is 36.4 Å². The Hall–Kier alpha value is -1.58. The highest BCUT2D eigenvalue weighted by atomic mass is 16.3. The van der Waals surface area contributed by atoms with Gasteiger partial charge in [0.05, 0.1) is 0 Å². The summed E-state index contributed by atoms with van der Waals surface area (Å²) in [6, 6.07) is 10.9. The lowest BCUT2D eigenvalue weighted by Gasteiger charge is -2.38. The van der Waals surface area contributed by atoms with Crippen molar-refractivity contribution in [3.8, 4) is 0 Å². The SMILES string of the molecule is OC(C1=CCCC(N2CCN(C3CC3)CC2)=C1)c1ccccc1. The van der Waals surface area contributed by atoms with Crippen LogP contribution in [0.5, 0.6) is 0 Å². The molecule has 1 N–H and O–H groups in total. The van der Waals surface area contributed by atoms with Gasteiger partial charge in [0.25, 0.3) is 0 Å². The molecule has 3 nitrogen and oxygen atoms in total. The average molecular weight is 310 g/mol. The van der Waals surface area contributed by atoms with Crippen LogP contribution in [0.4, 0.5) is 0 Å². The van der Waals surface area contributed by atoms with E-state index in [-0.39, 0.29) is 0 Å². The van der Waals surface area contributed by atoms with Crippen LogP contribution >= 0.6 is 0 Å². The highest BCUT2D eigenvalue weighted by Gasteiger charge is 2.31. The van der Waals surface area contributed by atoms with Crippen LogP contribution < -0.4 is 0 Å². The third-order valence-electron chi connectivity index (χ3n) is 5.33. The molecule has 1 aromatic rings. The van der Waals surface area contributed by atoms with Crippen molar-refractivity contribution in [2.45, 2.75) is 37.8 Å². The number of benzene rings is 1. The van der Waals surface area contributed by atoms with Crippen LogP contribution in [0.2, 0.25) is 0 Å². The second-order valence-electron chi connectivity index (χ2n) is 6.95. The van der Waals surface area contributed by atoms with Crippen molar-refractivity contribution in [2.75, 3.05) is 26.2 Å². The van der Waals surface area contributed by atoms with Gasteiger partial charge in [-0.15, -0.1) is 0 Å². The Morgan fingerprint density at radius 2 is 1.74 bits per heavy atom. The zero-order valence-electron chi connectivity index (χ0n) is 13.7. The van der Waals surface area contributed by atoms with Crippen molar-refractivity contribution in [3.05, 3.63) is 59.3 Å². The highest BCUT2D eigenvalue weighted by molar-refractivity contribution is 5.36. The monoisotopic (exact) mass is 310 g/mol. The molecule has 1 heterocycles. The molecular weight excluding hydrogens is 284 g/mol. The fourth-order valence-electron chi connectivity index (χ4n) is 3.79. The molecular formula is C20H26N2O. The van der Waals surface area contributed by atoms with E-state index in [1.165, 1.54) is 31.6 Å². The van der Waals surface area contributed by atoms with Crippen LogP contribution in [0.3, 0.4) is 0 Å². The van der Waals surface area contributed by atoms with Crippen molar-refractivity contribution in [1.82, 2.24) is 9.80 Å². The standard InChI is InChI=1S/C20H26N2O/c23-20(16-5-2-1-3-6-16)17-7-4-8-19(15-17)22-13-11-21(12-14-22)18-9-10-18/h1-3,5-7,15,18,20,23H,4,8-14H2. The summed E-state index contributed by atoms with van der Waals surface area (Å²) in [5, 5.41) is 10.6. The third kappa shape index (κ3) is 3.36. The molecule has 3 aliphatic rings. The van der Waals surface area contributed by atoms with Crippen LogP contribution in [0.25, 0.3) is 0 Å². The molecule has 1 aliphatic heterocycles. The van der Waals surface area contributed by atoms with Gasteiger partial charge in [-0.2, -0.15) is 0 Å². The first-order valence-electron chi connectivity index (χ1n) is 8.94. The Bertz CT molecular complexity index is 595. The normalized spacial score (nSPS) is 24.1. The number of piperazine rings is 1. The summed E-state index contributed by atoms with van der Waals surface area (Å²) in [5.41, 5.74) is 3.45. The Morgan fingerprint density at radius 1 is 1.00 bits per heavy atom. The molecule has 0 spiro atoms. The number of hydrogen-bond acceptors (Lipinski definition) is 3. The Morgan fingerprint density at radius 3 is 2.43 bits per heavy atom. The molecule has 122 valence electrons. The first kappa shape index (κ1) is 15.0. The lowest BCUT2D eigenvalue weighted by molar-refractivity contribution is 0.148. The van der Waals surface area contributed by atoms with E-state index in [9.17, 15) is 5.11 Å². The van der Waals surface area contributed by atoms with E-state index in [0.29, 0.717) is 0 Å². The molecule has 23 heavy (non-hydrogen) atoms.